The fourth-order valence-corrected chi connectivity index (χ4v) is 5.70. The predicted molar refractivity (Wildman–Crippen MR) is 117 cm³/mol. The number of halogens is 1. The van der Waals surface area contributed by atoms with Crippen molar-refractivity contribution in [3.63, 3.8) is 0 Å². The van der Waals surface area contributed by atoms with Crippen LogP contribution in [-0.4, -0.2) is 22.9 Å². The first-order chi connectivity index (χ1) is 13.6. The van der Waals surface area contributed by atoms with E-state index in [2.05, 4.69) is 4.72 Å². The molecule has 0 bridgehead atoms. The lowest BCUT2D eigenvalue weighted by Gasteiger charge is -2.39. The highest BCUT2D eigenvalue weighted by molar-refractivity contribution is 7.92. The number of nitrogens with one attached hydrogen (secondary N) is 1. The van der Waals surface area contributed by atoms with Gasteiger partial charge in [0.25, 0.3) is 0 Å². The number of rotatable bonds is 9. The molecule has 2 rings (SSSR count). The van der Waals surface area contributed by atoms with Crippen LogP contribution in [0.2, 0.25) is 0 Å². The highest BCUT2D eigenvalue weighted by Gasteiger charge is 2.50. The summed E-state index contributed by atoms with van der Waals surface area (Å²) in [5.74, 6) is 0. The molecule has 0 saturated carbocycles. The fraction of sp³-hybridized carbons (Fsp3) is 0.455. The van der Waals surface area contributed by atoms with E-state index >= 15 is 4.39 Å². The fourth-order valence-electron chi connectivity index (χ4n) is 3.05. The van der Waals surface area contributed by atoms with Gasteiger partial charge in [-0.2, -0.15) is 0 Å². The average molecular weight is 440 g/mol. The summed E-state index contributed by atoms with van der Waals surface area (Å²) in [5, 5.41) is 0. The third kappa shape index (κ3) is 5.32. The second-order valence-electron chi connectivity index (χ2n) is 8.10. The number of unbranched alkanes of at least 4 members (excludes halogenated alkanes) is 1. The summed E-state index contributed by atoms with van der Waals surface area (Å²) >= 11 is 0. The molecule has 3 atom stereocenters. The SMILES string of the molecule is CCCC[C@@](NS(=O)C(C)(C)C)(c1ccccc1)[C@H](F)S(=O)(=O)c1ccccc1. The summed E-state index contributed by atoms with van der Waals surface area (Å²) < 4.78 is 57.9. The standard InChI is InChI=1S/C22H30FNO3S2/c1-5-6-17-22(18-13-9-7-10-14-18,24-28(25)21(2,3)4)20(23)29(26,27)19-15-11-8-12-16-19/h7-16,20,24H,5-6,17H2,1-4H3/t20-,22-,28?/m1/s1. The average Bonchev–Trinajstić information content (AvgIpc) is 2.71. The molecule has 4 nitrogen and oxygen atoms in total. The van der Waals surface area contributed by atoms with E-state index in [1.165, 1.54) is 12.1 Å². The predicted octanol–water partition coefficient (Wildman–Crippen LogP) is 4.89. The zero-order valence-electron chi connectivity index (χ0n) is 17.4. The van der Waals surface area contributed by atoms with E-state index in [9.17, 15) is 12.6 Å². The van der Waals surface area contributed by atoms with Gasteiger partial charge in [-0.25, -0.2) is 21.7 Å². The molecular formula is C22H30FNO3S2. The maximum Gasteiger partial charge on any atom is 0.228 e. The van der Waals surface area contributed by atoms with E-state index in [4.69, 9.17) is 0 Å². The third-order valence-corrected chi connectivity index (χ3v) is 8.31. The Balaban J connectivity index is 2.68. The molecule has 0 aliphatic heterocycles. The number of sulfone groups is 1. The van der Waals surface area contributed by atoms with Crippen molar-refractivity contribution in [1.29, 1.82) is 0 Å². The van der Waals surface area contributed by atoms with Gasteiger partial charge in [-0.1, -0.05) is 68.3 Å². The van der Waals surface area contributed by atoms with Gasteiger partial charge in [-0.3, -0.25) is 0 Å². The lowest BCUT2D eigenvalue weighted by atomic mass is 9.87. The minimum atomic E-state index is -4.33. The Labute approximate surface area is 176 Å². The second-order valence-corrected chi connectivity index (χ2v) is 12.0. The number of benzene rings is 2. The van der Waals surface area contributed by atoms with Crippen molar-refractivity contribution in [2.45, 2.75) is 67.6 Å². The van der Waals surface area contributed by atoms with E-state index in [1.54, 1.807) is 69.3 Å². The van der Waals surface area contributed by atoms with Crippen LogP contribution >= 0.6 is 0 Å². The van der Waals surface area contributed by atoms with E-state index in [0.717, 1.165) is 6.42 Å². The van der Waals surface area contributed by atoms with E-state index in [0.29, 0.717) is 12.0 Å². The topological polar surface area (TPSA) is 63.2 Å². The molecule has 0 spiro atoms. The second kappa shape index (κ2) is 9.49. The Hall–Kier alpha value is -1.57. The lowest BCUT2D eigenvalue weighted by molar-refractivity contribution is 0.222. The van der Waals surface area contributed by atoms with Crippen molar-refractivity contribution in [2.75, 3.05) is 0 Å². The lowest BCUT2D eigenvalue weighted by Crippen LogP contribution is -2.55. The molecule has 1 unspecified atom stereocenters. The van der Waals surface area contributed by atoms with Crippen molar-refractivity contribution >= 4 is 20.8 Å². The Morgan fingerprint density at radius 1 is 1.00 bits per heavy atom. The molecule has 0 aromatic heterocycles. The zero-order valence-corrected chi connectivity index (χ0v) is 19.0. The minimum Gasteiger partial charge on any atom is -0.242 e. The van der Waals surface area contributed by atoms with Crippen LogP contribution in [0.25, 0.3) is 0 Å². The number of hydrogen-bond donors (Lipinski definition) is 1. The molecule has 0 aliphatic rings. The van der Waals surface area contributed by atoms with Crippen LogP contribution in [0.4, 0.5) is 4.39 Å². The van der Waals surface area contributed by atoms with Gasteiger partial charge in [0.05, 0.1) is 20.6 Å². The van der Waals surface area contributed by atoms with Crippen molar-refractivity contribution in [1.82, 2.24) is 4.72 Å². The van der Waals surface area contributed by atoms with Crippen LogP contribution in [0.5, 0.6) is 0 Å². The Bertz CT molecular complexity index is 912. The first-order valence-electron chi connectivity index (χ1n) is 9.74. The van der Waals surface area contributed by atoms with Crippen LogP contribution in [0.1, 0.15) is 52.5 Å². The molecule has 0 fully saturated rings. The Morgan fingerprint density at radius 2 is 1.52 bits per heavy atom. The molecule has 7 heteroatoms. The summed E-state index contributed by atoms with van der Waals surface area (Å²) in [5.41, 5.74) is -3.47. The number of alkyl halides is 1. The smallest absolute Gasteiger partial charge is 0.228 e. The van der Waals surface area contributed by atoms with Crippen LogP contribution in [-0.2, 0) is 26.4 Å². The Kier molecular flexibility index (Phi) is 7.76. The van der Waals surface area contributed by atoms with E-state index in [1.807, 2.05) is 6.92 Å². The minimum absolute atomic E-state index is 0.0901. The van der Waals surface area contributed by atoms with Gasteiger partial charge in [0.1, 0.15) is 5.54 Å². The van der Waals surface area contributed by atoms with Gasteiger partial charge >= 0.3 is 0 Å². The van der Waals surface area contributed by atoms with Crippen LogP contribution < -0.4 is 4.72 Å². The monoisotopic (exact) mass is 439 g/mol. The molecule has 0 radical (unpaired) electrons. The van der Waals surface area contributed by atoms with E-state index < -0.39 is 36.6 Å². The molecule has 0 saturated heterocycles. The molecule has 0 amide bonds. The van der Waals surface area contributed by atoms with Crippen LogP contribution in [0, 0.1) is 0 Å². The van der Waals surface area contributed by atoms with Gasteiger partial charge in [0.15, 0.2) is 0 Å². The maximum atomic E-state index is 16.2. The van der Waals surface area contributed by atoms with Gasteiger partial charge < -0.3 is 0 Å². The van der Waals surface area contributed by atoms with Crippen molar-refractivity contribution < 1.29 is 17.0 Å². The molecular weight excluding hydrogens is 409 g/mol. The molecule has 160 valence electrons. The first-order valence-corrected chi connectivity index (χ1v) is 12.4. The first kappa shape index (κ1) is 23.7. The van der Waals surface area contributed by atoms with Gasteiger partial charge in [-0.05, 0) is 44.9 Å². The van der Waals surface area contributed by atoms with Crippen LogP contribution in [0.15, 0.2) is 65.6 Å². The largest absolute Gasteiger partial charge is 0.242 e. The summed E-state index contributed by atoms with van der Waals surface area (Å²) in [4.78, 5) is -0.0901. The van der Waals surface area contributed by atoms with Crippen molar-refractivity contribution in [2.24, 2.45) is 0 Å². The van der Waals surface area contributed by atoms with Crippen molar-refractivity contribution in [3.8, 4) is 0 Å². The molecule has 2 aromatic carbocycles. The Morgan fingerprint density at radius 3 is 2.00 bits per heavy atom. The highest BCUT2D eigenvalue weighted by Crippen LogP contribution is 2.39. The molecule has 1 N–H and O–H groups in total. The molecule has 29 heavy (non-hydrogen) atoms. The maximum absolute atomic E-state index is 16.2. The highest BCUT2D eigenvalue weighted by atomic mass is 32.2. The third-order valence-electron chi connectivity index (χ3n) is 4.78. The normalized spacial score (nSPS) is 16.7. The van der Waals surface area contributed by atoms with E-state index in [-0.39, 0.29) is 11.3 Å². The molecule has 0 heterocycles. The number of hydrogen-bond acceptors (Lipinski definition) is 3. The van der Waals surface area contributed by atoms with Crippen LogP contribution in [0.3, 0.4) is 0 Å². The quantitative estimate of drug-likeness (QED) is 0.605. The van der Waals surface area contributed by atoms with Gasteiger partial charge in [-0.15, -0.1) is 0 Å². The zero-order chi connectivity index (χ0) is 21.7. The van der Waals surface area contributed by atoms with Crippen molar-refractivity contribution in [3.05, 3.63) is 66.2 Å². The summed E-state index contributed by atoms with van der Waals surface area (Å²) in [7, 11) is -6.01. The van der Waals surface area contributed by atoms with Gasteiger partial charge in [0, 0.05) is 0 Å². The summed E-state index contributed by atoms with van der Waals surface area (Å²) in [6.07, 6.45) is 1.52. The summed E-state index contributed by atoms with van der Waals surface area (Å²) in [6, 6.07) is 16.2. The molecule has 2 aromatic rings. The molecule has 0 aliphatic carbocycles. The summed E-state index contributed by atoms with van der Waals surface area (Å²) in [6.45, 7) is 7.26. The van der Waals surface area contributed by atoms with Gasteiger partial charge in [0.2, 0.25) is 15.3 Å².